The fourth-order valence-corrected chi connectivity index (χ4v) is 3.78. The first kappa shape index (κ1) is 18.5. The lowest BCUT2D eigenvalue weighted by Gasteiger charge is -2.11. The highest BCUT2D eigenvalue weighted by Gasteiger charge is 2.25. The van der Waals surface area contributed by atoms with Crippen LogP contribution in [0.5, 0.6) is 5.75 Å². The summed E-state index contributed by atoms with van der Waals surface area (Å²) in [7, 11) is -2.18. The summed E-state index contributed by atoms with van der Waals surface area (Å²) >= 11 is 12.0. The van der Waals surface area contributed by atoms with E-state index in [2.05, 4.69) is 0 Å². The molecule has 128 valence electrons. The van der Waals surface area contributed by atoms with E-state index in [0.29, 0.717) is 5.69 Å². The van der Waals surface area contributed by atoms with Gasteiger partial charge in [-0.05, 0) is 19.1 Å². The molecule has 0 aliphatic carbocycles. The molecule has 1 N–H and O–H groups in total. The maximum Gasteiger partial charge on any atom is 0.265 e. The van der Waals surface area contributed by atoms with E-state index in [1.54, 1.807) is 6.92 Å². The lowest BCUT2D eigenvalue weighted by atomic mass is 10.0. The zero-order valence-corrected chi connectivity index (χ0v) is 15.3. The van der Waals surface area contributed by atoms with Crippen LogP contribution in [-0.2, 0) is 16.9 Å². The maximum absolute atomic E-state index is 12.6. The molecule has 0 unspecified atom stereocenters. The van der Waals surface area contributed by atoms with Gasteiger partial charge in [-0.3, -0.25) is 9.59 Å². The first-order valence-corrected chi connectivity index (χ1v) is 9.24. The summed E-state index contributed by atoms with van der Waals surface area (Å²) in [5.41, 5.74) is -0.874. The molecule has 0 atom stereocenters. The minimum atomic E-state index is -3.63. The Hall–Kier alpha value is -1.83. The molecule has 0 aliphatic heterocycles. The van der Waals surface area contributed by atoms with Crippen LogP contribution in [-0.4, -0.2) is 30.1 Å². The van der Waals surface area contributed by atoms with Crippen LogP contribution >= 0.6 is 23.2 Å². The highest BCUT2D eigenvalue weighted by Crippen LogP contribution is 2.34. The van der Waals surface area contributed by atoms with Gasteiger partial charge in [-0.2, -0.15) is 0 Å². The van der Waals surface area contributed by atoms with Gasteiger partial charge < -0.3 is 9.67 Å². The molecule has 0 fully saturated rings. The highest BCUT2D eigenvalue weighted by molar-refractivity contribution is 7.90. The van der Waals surface area contributed by atoms with Crippen LogP contribution in [0.1, 0.15) is 21.6 Å². The fraction of sp³-hybridized carbons (Fsp3) is 0.200. The third kappa shape index (κ3) is 3.07. The summed E-state index contributed by atoms with van der Waals surface area (Å²) in [6.45, 7) is 1.60. The quantitative estimate of drug-likeness (QED) is 0.812. The predicted molar refractivity (Wildman–Crippen MR) is 91.1 cm³/mol. The van der Waals surface area contributed by atoms with E-state index in [-0.39, 0.29) is 20.5 Å². The van der Waals surface area contributed by atoms with E-state index in [4.69, 9.17) is 23.2 Å². The third-order valence-corrected chi connectivity index (χ3v) is 5.70. The van der Waals surface area contributed by atoms with Crippen molar-refractivity contribution in [2.75, 3.05) is 6.26 Å². The lowest BCUT2D eigenvalue weighted by Crippen LogP contribution is -2.26. The molecule has 0 spiro atoms. The van der Waals surface area contributed by atoms with Crippen molar-refractivity contribution < 1.29 is 18.3 Å². The molecule has 9 heteroatoms. The van der Waals surface area contributed by atoms with Crippen molar-refractivity contribution in [1.29, 1.82) is 0 Å². The van der Waals surface area contributed by atoms with Crippen LogP contribution in [0.2, 0.25) is 10.0 Å². The van der Waals surface area contributed by atoms with Crippen molar-refractivity contribution in [3.8, 4) is 5.75 Å². The van der Waals surface area contributed by atoms with Gasteiger partial charge in [0.15, 0.2) is 9.84 Å². The van der Waals surface area contributed by atoms with E-state index in [1.807, 2.05) is 0 Å². The number of carbonyl (C=O) groups is 1. The monoisotopic (exact) mass is 389 g/mol. The molecule has 1 aromatic heterocycles. The van der Waals surface area contributed by atoms with Crippen LogP contribution in [0.3, 0.4) is 0 Å². The second kappa shape index (κ2) is 6.23. The Labute approximate surface area is 148 Å². The normalized spacial score (nSPS) is 11.5. The second-order valence-electron chi connectivity index (χ2n) is 5.25. The topological polar surface area (TPSA) is 93.4 Å². The van der Waals surface area contributed by atoms with Gasteiger partial charge in [0.2, 0.25) is 5.78 Å². The van der Waals surface area contributed by atoms with Crippen molar-refractivity contribution in [2.45, 2.75) is 11.8 Å². The number of benzene rings is 1. The molecule has 0 saturated carbocycles. The number of halogens is 2. The van der Waals surface area contributed by atoms with E-state index in [9.17, 15) is 23.1 Å². The molecule has 2 rings (SSSR count). The number of aryl methyl sites for hydroxylation is 1. The molecule has 1 heterocycles. The Bertz CT molecular complexity index is 1030. The summed E-state index contributed by atoms with van der Waals surface area (Å²) < 4.78 is 24.5. The van der Waals surface area contributed by atoms with Gasteiger partial charge in [0, 0.05) is 30.6 Å². The Morgan fingerprint density at radius 3 is 2.33 bits per heavy atom. The number of sulfone groups is 1. The average Bonchev–Trinajstić information content (AvgIpc) is 2.46. The number of nitrogens with zero attached hydrogens (tertiary/aromatic N) is 1. The van der Waals surface area contributed by atoms with Gasteiger partial charge >= 0.3 is 0 Å². The predicted octanol–water partition coefficient (Wildman–Crippen LogP) is 2.34. The number of rotatable bonds is 3. The average molecular weight is 390 g/mol. The smallest absolute Gasteiger partial charge is 0.265 e. The van der Waals surface area contributed by atoms with Gasteiger partial charge in [-0.25, -0.2) is 8.42 Å². The van der Waals surface area contributed by atoms with Gasteiger partial charge in [0.25, 0.3) is 5.56 Å². The number of hydrogen-bond acceptors (Lipinski definition) is 5. The van der Waals surface area contributed by atoms with Gasteiger partial charge in [0.05, 0.1) is 14.9 Å². The molecule has 0 amide bonds. The van der Waals surface area contributed by atoms with Crippen molar-refractivity contribution in [2.24, 2.45) is 7.05 Å². The van der Waals surface area contributed by atoms with Crippen LogP contribution in [0.15, 0.2) is 27.9 Å². The van der Waals surface area contributed by atoms with E-state index >= 15 is 0 Å². The fourth-order valence-electron chi connectivity index (χ4n) is 2.15. The molecule has 0 aliphatic rings. The Morgan fingerprint density at radius 1 is 1.21 bits per heavy atom. The van der Waals surface area contributed by atoms with Crippen LogP contribution in [0.25, 0.3) is 0 Å². The zero-order chi connectivity index (χ0) is 18.4. The van der Waals surface area contributed by atoms with Gasteiger partial charge in [-0.1, -0.05) is 23.2 Å². The lowest BCUT2D eigenvalue weighted by molar-refractivity contribution is 0.103. The number of hydrogen-bond donors (Lipinski definition) is 1. The van der Waals surface area contributed by atoms with E-state index in [0.717, 1.165) is 18.4 Å². The molecule has 0 radical (unpaired) electrons. The second-order valence-corrected chi connectivity index (χ2v) is 7.99. The summed E-state index contributed by atoms with van der Waals surface area (Å²) in [6.07, 6.45) is 0.952. The Balaban J connectivity index is 2.72. The van der Waals surface area contributed by atoms with E-state index in [1.165, 1.54) is 17.7 Å². The van der Waals surface area contributed by atoms with Crippen LogP contribution in [0.4, 0.5) is 0 Å². The molecule has 6 nitrogen and oxygen atoms in total. The number of carbonyl (C=O) groups excluding carboxylic acids is 1. The highest BCUT2D eigenvalue weighted by atomic mass is 35.5. The molecular formula is C15H13Cl2NO5S. The molecule has 0 bridgehead atoms. The molecule has 1 aromatic carbocycles. The van der Waals surface area contributed by atoms with Crippen molar-refractivity contribution in [1.82, 2.24) is 4.57 Å². The van der Waals surface area contributed by atoms with Gasteiger partial charge in [0.1, 0.15) is 11.3 Å². The number of ketones is 1. The SMILES string of the molecule is Cc1cc(O)c(C(=O)c2ccc(S(C)(=O)=O)c(Cl)c2Cl)c(=O)n1C. The molecule has 0 saturated heterocycles. The number of aromatic hydroxyl groups is 1. The summed E-state index contributed by atoms with van der Waals surface area (Å²) in [5.74, 6) is -1.33. The summed E-state index contributed by atoms with van der Waals surface area (Å²) in [4.78, 5) is 24.6. The van der Waals surface area contributed by atoms with Crippen molar-refractivity contribution in [3.63, 3.8) is 0 Å². The molecule has 24 heavy (non-hydrogen) atoms. The summed E-state index contributed by atoms with van der Waals surface area (Å²) in [5, 5.41) is 9.36. The van der Waals surface area contributed by atoms with Gasteiger partial charge in [-0.15, -0.1) is 0 Å². The van der Waals surface area contributed by atoms with Crippen molar-refractivity contribution in [3.05, 3.63) is 55.4 Å². The zero-order valence-electron chi connectivity index (χ0n) is 12.9. The maximum atomic E-state index is 12.6. The minimum absolute atomic E-state index is 0.176. The molecular weight excluding hydrogens is 377 g/mol. The third-order valence-electron chi connectivity index (χ3n) is 3.57. The first-order chi connectivity index (χ1) is 11.0. The van der Waals surface area contributed by atoms with Crippen LogP contribution < -0.4 is 5.56 Å². The first-order valence-electron chi connectivity index (χ1n) is 6.59. The van der Waals surface area contributed by atoms with Crippen LogP contribution in [0, 0.1) is 6.92 Å². The minimum Gasteiger partial charge on any atom is -0.507 e. The Morgan fingerprint density at radius 2 is 1.79 bits per heavy atom. The molecule has 2 aromatic rings. The Kier molecular flexibility index (Phi) is 4.81. The largest absolute Gasteiger partial charge is 0.507 e. The summed E-state index contributed by atoms with van der Waals surface area (Å²) in [6, 6.07) is 3.56. The number of pyridine rings is 1. The van der Waals surface area contributed by atoms with Crippen molar-refractivity contribution >= 4 is 38.8 Å². The standard InChI is InChI=1S/C15H13Cl2NO5S/c1-7-6-9(19)11(15(21)18(7)2)14(20)8-4-5-10(24(3,22)23)13(17)12(8)16/h4-6,19H,1-3H3. The van der Waals surface area contributed by atoms with E-state index < -0.39 is 32.5 Å². The number of aromatic nitrogens is 1.